The number of nitrogens with zero attached hydrogens (tertiary/aromatic N) is 2. The molecule has 15 heavy (non-hydrogen) atoms. The third-order valence-corrected chi connectivity index (χ3v) is 3.26. The van der Waals surface area contributed by atoms with Gasteiger partial charge in [0.05, 0.1) is 5.69 Å². The van der Waals surface area contributed by atoms with Crippen molar-refractivity contribution >= 4 is 11.4 Å². The minimum Gasteiger partial charge on any atom is -0.383 e. The Kier molecular flexibility index (Phi) is 2.55. The Morgan fingerprint density at radius 3 is 2.73 bits per heavy atom. The number of hydrogen-bond donors (Lipinski definition) is 1. The molecule has 2 N–H and O–H groups in total. The monoisotopic (exact) mass is 205 g/mol. The summed E-state index contributed by atoms with van der Waals surface area (Å²) in [4.78, 5) is 0. The van der Waals surface area contributed by atoms with Gasteiger partial charge in [0.2, 0.25) is 0 Å². The van der Waals surface area contributed by atoms with Gasteiger partial charge in [-0.05, 0) is 37.7 Å². The van der Waals surface area contributed by atoms with E-state index in [4.69, 9.17) is 5.73 Å². The van der Waals surface area contributed by atoms with Gasteiger partial charge in [-0.15, -0.1) is 0 Å². The molecule has 1 aliphatic carbocycles. The third kappa shape index (κ3) is 1.78. The number of aromatic nitrogens is 2. The van der Waals surface area contributed by atoms with Crippen LogP contribution in [-0.2, 0) is 7.05 Å². The highest BCUT2D eigenvalue weighted by molar-refractivity contribution is 5.75. The van der Waals surface area contributed by atoms with E-state index >= 15 is 0 Å². The molecule has 0 aliphatic heterocycles. The molecule has 3 heteroatoms. The maximum atomic E-state index is 6.03. The maximum Gasteiger partial charge on any atom is 0.129 e. The van der Waals surface area contributed by atoms with Gasteiger partial charge >= 0.3 is 0 Å². The van der Waals surface area contributed by atoms with Gasteiger partial charge in [-0.1, -0.05) is 13.0 Å². The molecule has 0 radical (unpaired) electrons. The van der Waals surface area contributed by atoms with Crippen molar-refractivity contribution in [3.05, 3.63) is 17.3 Å². The van der Waals surface area contributed by atoms with Crippen LogP contribution >= 0.6 is 0 Å². The summed E-state index contributed by atoms with van der Waals surface area (Å²) in [5.41, 5.74) is 9.64. The average Bonchev–Trinajstić information content (AvgIpc) is 2.44. The molecule has 3 nitrogen and oxygen atoms in total. The molecular weight excluding hydrogens is 186 g/mol. The molecule has 1 atom stereocenters. The first-order chi connectivity index (χ1) is 7.09. The van der Waals surface area contributed by atoms with Gasteiger partial charge in [-0.3, -0.25) is 4.68 Å². The Morgan fingerprint density at radius 1 is 1.53 bits per heavy atom. The lowest BCUT2D eigenvalue weighted by Gasteiger charge is -2.18. The van der Waals surface area contributed by atoms with E-state index in [1.165, 1.54) is 24.0 Å². The van der Waals surface area contributed by atoms with Crippen LogP contribution in [0.1, 0.15) is 37.4 Å². The Morgan fingerprint density at radius 2 is 2.27 bits per heavy atom. The van der Waals surface area contributed by atoms with Crippen LogP contribution in [0.5, 0.6) is 0 Å². The lowest BCUT2D eigenvalue weighted by atomic mass is 9.87. The summed E-state index contributed by atoms with van der Waals surface area (Å²) in [6, 6.07) is 0. The van der Waals surface area contributed by atoms with Gasteiger partial charge in [0.25, 0.3) is 0 Å². The minimum atomic E-state index is 0.799. The van der Waals surface area contributed by atoms with Crippen molar-refractivity contribution in [2.45, 2.75) is 33.1 Å². The quantitative estimate of drug-likeness (QED) is 0.765. The molecule has 0 amide bonds. The van der Waals surface area contributed by atoms with Crippen LogP contribution in [0, 0.1) is 12.8 Å². The second-order valence-electron chi connectivity index (χ2n) is 4.58. The van der Waals surface area contributed by atoms with Gasteiger partial charge in [-0.2, -0.15) is 5.10 Å². The van der Waals surface area contributed by atoms with Crippen LogP contribution in [0.4, 0.5) is 5.82 Å². The van der Waals surface area contributed by atoms with Crippen LogP contribution in [0.3, 0.4) is 0 Å². The summed E-state index contributed by atoms with van der Waals surface area (Å²) in [7, 11) is 1.90. The molecule has 0 spiro atoms. The molecule has 0 aromatic carbocycles. The second-order valence-corrected chi connectivity index (χ2v) is 4.58. The lowest BCUT2D eigenvalue weighted by Crippen LogP contribution is -2.04. The third-order valence-electron chi connectivity index (χ3n) is 3.26. The van der Waals surface area contributed by atoms with Crippen molar-refractivity contribution in [3.63, 3.8) is 0 Å². The molecule has 0 bridgehead atoms. The van der Waals surface area contributed by atoms with Crippen LogP contribution < -0.4 is 5.73 Å². The molecule has 1 aromatic heterocycles. The fourth-order valence-corrected chi connectivity index (χ4v) is 2.27. The largest absolute Gasteiger partial charge is 0.383 e. The highest BCUT2D eigenvalue weighted by Crippen LogP contribution is 2.34. The predicted octanol–water partition coefficient (Wildman–Crippen LogP) is 2.51. The molecule has 1 aliphatic rings. The summed E-state index contributed by atoms with van der Waals surface area (Å²) >= 11 is 0. The Hall–Kier alpha value is -1.25. The number of aryl methyl sites for hydroxylation is 2. The zero-order valence-corrected chi connectivity index (χ0v) is 9.75. The molecular formula is C12H19N3. The van der Waals surface area contributed by atoms with Gasteiger partial charge in [0.15, 0.2) is 0 Å². The summed E-state index contributed by atoms with van der Waals surface area (Å²) < 4.78 is 1.77. The number of anilines is 1. The highest BCUT2D eigenvalue weighted by atomic mass is 15.3. The molecule has 0 saturated carbocycles. The Balaban J connectivity index is 2.37. The Labute approximate surface area is 91.0 Å². The summed E-state index contributed by atoms with van der Waals surface area (Å²) in [6.07, 6.45) is 5.90. The summed E-state index contributed by atoms with van der Waals surface area (Å²) in [6.45, 7) is 4.33. The second kappa shape index (κ2) is 3.72. The number of nitrogens with two attached hydrogens (primary N) is 1. The van der Waals surface area contributed by atoms with Gasteiger partial charge in [0, 0.05) is 12.6 Å². The van der Waals surface area contributed by atoms with Crippen LogP contribution in [0.25, 0.3) is 5.57 Å². The number of hydrogen-bond acceptors (Lipinski definition) is 2. The fourth-order valence-electron chi connectivity index (χ4n) is 2.27. The van der Waals surface area contributed by atoms with Crippen LogP contribution in [0.2, 0.25) is 0 Å². The molecule has 0 saturated heterocycles. The van der Waals surface area contributed by atoms with E-state index < -0.39 is 0 Å². The Bertz CT molecular complexity index is 401. The summed E-state index contributed by atoms with van der Waals surface area (Å²) in [5.74, 6) is 1.61. The van der Waals surface area contributed by atoms with Gasteiger partial charge in [-0.25, -0.2) is 0 Å². The molecule has 82 valence electrons. The van der Waals surface area contributed by atoms with Crippen molar-refractivity contribution in [2.75, 3.05) is 5.73 Å². The lowest BCUT2D eigenvalue weighted by molar-refractivity contribution is 0.534. The summed E-state index contributed by atoms with van der Waals surface area (Å²) in [5, 5.41) is 4.36. The standard InChI is InChI=1S/C12H19N3/c1-8-4-6-10(7-5-8)11-9(2)14-15(3)12(11)13/h6,8H,4-5,7,13H2,1-3H3. The highest BCUT2D eigenvalue weighted by Gasteiger charge is 2.18. The van der Waals surface area contributed by atoms with E-state index in [9.17, 15) is 0 Å². The first-order valence-corrected chi connectivity index (χ1v) is 5.58. The zero-order valence-electron chi connectivity index (χ0n) is 9.75. The molecule has 1 unspecified atom stereocenters. The van der Waals surface area contributed by atoms with E-state index in [2.05, 4.69) is 18.1 Å². The van der Waals surface area contributed by atoms with Crippen molar-refractivity contribution in [2.24, 2.45) is 13.0 Å². The first kappa shape index (κ1) is 10.3. The normalized spacial score (nSPS) is 21.5. The van der Waals surface area contributed by atoms with E-state index in [0.29, 0.717) is 0 Å². The molecule has 2 rings (SSSR count). The van der Waals surface area contributed by atoms with Crippen molar-refractivity contribution in [3.8, 4) is 0 Å². The SMILES string of the molecule is Cc1nn(C)c(N)c1C1=CCC(C)CC1. The molecule has 0 fully saturated rings. The van der Waals surface area contributed by atoms with Gasteiger partial charge in [0.1, 0.15) is 5.82 Å². The van der Waals surface area contributed by atoms with Crippen molar-refractivity contribution in [1.29, 1.82) is 0 Å². The first-order valence-electron chi connectivity index (χ1n) is 5.58. The van der Waals surface area contributed by atoms with Crippen LogP contribution in [0.15, 0.2) is 6.08 Å². The number of allylic oxidation sites excluding steroid dienone is 2. The zero-order chi connectivity index (χ0) is 11.0. The maximum absolute atomic E-state index is 6.03. The minimum absolute atomic E-state index is 0.799. The smallest absolute Gasteiger partial charge is 0.129 e. The van der Waals surface area contributed by atoms with Crippen LogP contribution in [-0.4, -0.2) is 9.78 Å². The fraction of sp³-hybridized carbons (Fsp3) is 0.583. The predicted molar refractivity (Wildman–Crippen MR) is 63.3 cm³/mol. The molecule has 1 heterocycles. The van der Waals surface area contributed by atoms with E-state index in [-0.39, 0.29) is 0 Å². The van der Waals surface area contributed by atoms with Crippen molar-refractivity contribution in [1.82, 2.24) is 9.78 Å². The van der Waals surface area contributed by atoms with E-state index in [0.717, 1.165) is 23.9 Å². The average molecular weight is 205 g/mol. The van der Waals surface area contributed by atoms with E-state index in [1.54, 1.807) is 4.68 Å². The number of rotatable bonds is 1. The molecule has 1 aromatic rings. The van der Waals surface area contributed by atoms with Gasteiger partial charge < -0.3 is 5.73 Å². The van der Waals surface area contributed by atoms with E-state index in [1.807, 2.05) is 14.0 Å². The van der Waals surface area contributed by atoms with Crippen molar-refractivity contribution < 1.29 is 0 Å². The number of nitrogen functional groups attached to an aromatic ring is 1. The topological polar surface area (TPSA) is 43.8 Å².